The number of nitrogens with one attached hydrogen (secondary N) is 1. The molecule has 4 aromatic rings. The molecule has 172 valence electrons. The molecule has 1 fully saturated rings. The molecule has 2 heterocycles. The lowest BCUT2D eigenvalue weighted by Gasteiger charge is -2.27. The summed E-state index contributed by atoms with van der Waals surface area (Å²) in [6.45, 7) is 2.07. The second-order valence-electron chi connectivity index (χ2n) is 9.22. The Balaban J connectivity index is 1.23. The molecule has 1 amide bonds. The lowest BCUT2D eigenvalue weighted by molar-refractivity contribution is 0.102. The maximum absolute atomic E-state index is 13.1. The van der Waals surface area contributed by atoms with Crippen molar-refractivity contribution in [2.45, 2.75) is 44.9 Å². The van der Waals surface area contributed by atoms with Crippen LogP contribution in [0.4, 0.5) is 5.69 Å². The first-order valence-electron chi connectivity index (χ1n) is 12.0. The molecule has 0 radical (unpaired) electrons. The van der Waals surface area contributed by atoms with Crippen LogP contribution in [0.15, 0.2) is 78.4 Å². The summed E-state index contributed by atoms with van der Waals surface area (Å²) in [7, 11) is 0. The highest BCUT2D eigenvalue weighted by Gasteiger charge is 2.25. The molecule has 0 spiro atoms. The lowest BCUT2D eigenvalue weighted by Crippen LogP contribution is -2.16. The highest BCUT2D eigenvalue weighted by Crippen LogP contribution is 2.38. The Morgan fingerprint density at radius 3 is 2.62 bits per heavy atom. The molecule has 4 nitrogen and oxygen atoms in total. The van der Waals surface area contributed by atoms with Gasteiger partial charge in [-0.1, -0.05) is 48.0 Å². The van der Waals surface area contributed by atoms with Crippen molar-refractivity contribution in [1.29, 1.82) is 0 Å². The zero-order valence-corrected chi connectivity index (χ0v) is 20.2. The summed E-state index contributed by atoms with van der Waals surface area (Å²) in [6, 6.07) is 20.5. The van der Waals surface area contributed by atoms with Gasteiger partial charge in [-0.05, 0) is 74.3 Å². The largest absolute Gasteiger partial charge is 0.320 e. The van der Waals surface area contributed by atoms with Gasteiger partial charge >= 0.3 is 0 Å². The van der Waals surface area contributed by atoms with E-state index in [4.69, 9.17) is 4.98 Å². The monoisotopic (exact) mass is 467 g/mol. The summed E-state index contributed by atoms with van der Waals surface area (Å²) in [5, 5.41) is 6.10. The first-order valence-corrected chi connectivity index (χ1v) is 12.9. The second kappa shape index (κ2) is 10.3. The topological polar surface area (TPSA) is 54.9 Å². The number of carbonyl (C=O) groups is 1. The molecule has 0 atom stereocenters. The highest BCUT2D eigenvalue weighted by molar-refractivity contribution is 7.10. The first kappa shape index (κ1) is 22.5. The molecule has 0 saturated heterocycles. The molecule has 34 heavy (non-hydrogen) atoms. The van der Waals surface area contributed by atoms with Gasteiger partial charge in [0, 0.05) is 34.9 Å². The third kappa shape index (κ3) is 5.26. The van der Waals surface area contributed by atoms with E-state index in [9.17, 15) is 4.79 Å². The number of aromatic nitrogens is 2. The van der Waals surface area contributed by atoms with Gasteiger partial charge in [0.15, 0.2) is 0 Å². The number of benzene rings is 2. The predicted octanol–water partition coefficient (Wildman–Crippen LogP) is 7.28. The van der Waals surface area contributed by atoms with Gasteiger partial charge in [0.1, 0.15) is 5.69 Å². The first-order chi connectivity index (χ1) is 16.7. The maximum Gasteiger partial charge on any atom is 0.275 e. The molecule has 2 aromatic carbocycles. The summed E-state index contributed by atoms with van der Waals surface area (Å²) in [4.78, 5) is 22.1. The Hall–Kier alpha value is -3.31. The van der Waals surface area contributed by atoms with E-state index in [1.165, 1.54) is 18.4 Å². The van der Waals surface area contributed by atoms with E-state index in [0.717, 1.165) is 46.6 Å². The summed E-state index contributed by atoms with van der Waals surface area (Å²) in [5.74, 6) is 1.02. The van der Waals surface area contributed by atoms with Crippen molar-refractivity contribution in [3.63, 3.8) is 0 Å². The van der Waals surface area contributed by atoms with Crippen molar-refractivity contribution < 1.29 is 4.79 Å². The number of anilines is 1. The fourth-order valence-electron chi connectivity index (χ4n) is 4.86. The number of pyridine rings is 1. The van der Waals surface area contributed by atoms with E-state index in [-0.39, 0.29) is 5.91 Å². The van der Waals surface area contributed by atoms with Gasteiger partial charge in [-0.3, -0.25) is 9.78 Å². The number of hydrogen-bond acceptors (Lipinski definition) is 4. The zero-order valence-electron chi connectivity index (χ0n) is 19.4. The van der Waals surface area contributed by atoms with Gasteiger partial charge in [0.2, 0.25) is 0 Å². The quantitative estimate of drug-likeness (QED) is 0.324. The van der Waals surface area contributed by atoms with E-state index in [1.54, 1.807) is 11.3 Å². The van der Waals surface area contributed by atoms with Gasteiger partial charge < -0.3 is 5.32 Å². The normalized spacial score (nSPS) is 17.9. The van der Waals surface area contributed by atoms with E-state index < -0.39 is 0 Å². The minimum Gasteiger partial charge on any atom is -0.320 e. The van der Waals surface area contributed by atoms with Crippen LogP contribution < -0.4 is 5.32 Å². The third-order valence-electron chi connectivity index (χ3n) is 6.71. The van der Waals surface area contributed by atoms with Crippen molar-refractivity contribution in [2.75, 3.05) is 5.32 Å². The number of nitrogens with zero attached hydrogens (tertiary/aromatic N) is 2. The van der Waals surface area contributed by atoms with Crippen LogP contribution in [0.3, 0.4) is 0 Å². The Labute approximate surface area is 205 Å². The van der Waals surface area contributed by atoms with Crippen molar-refractivity contribution in [2.24, 2.45) is 5.92 Å². The molecule has 0 unspecified atom stereocenters. The van der Waals surface area contributed by atoms with Crippen molar-refractivity contribution >= 4 is 22.9 Å². The van der Waals surface area contributed by atoms with E-state index >= 15 is 0 Å². The van der Waals surface area contributed by atoms with Crippen LogP contribution in [0, 0.1) is 12.8 Å². The number of amides is 1. The molecule has 5 rings (SSSR count). The maximum atomic E-state index is 13.1. The molecule has 1 aliphatic carbocycles. The van der Waals surface area contributed by atoms with Crippen LogP contribution in [0.5, 0.6) is 0 Å². The average Bonchev–Trinajstić information content (AvgIpc) is 3.37. The van der Waals surface area contributed by atoms with Crippen LogP contribution >= 0.6 is 11.3 Å². The summed E-state index contributed by atoms with van der Waals surface area (Å²) >= 11 is 1.62. The molecule has 2 aromatic heterocycles. The molecule has 1 N–H and O–H groups in total. The number of hydrogen-bond donors (Lipinski definition) is 1. The van der Waals surface area contributed by atoms with Crippen LogP contribution in [0.1, 0.15) is 58.2 Å². The fraction of sp³-hybridized carbons (Fsp3) is 0.276. The highest BCUT2D eigenvalue weighted by atomic mass is 32.1. The molecule has 0 bridgehead atoms. The average molecular weight is 468 g/mol. The Morgan fingerprint density at radius 2 is 1.85 bits per heavy atom. The van der Waals surface area contributed by atoms with Crippen LogP contribution in [0.2, 0.25) is 0 Å². The second-order valence-corrected chi connectivity index (χ2v) is 10.1. The van der Waals surface area contributed by atoms with Gasteiger partial charge in [0.25, 0.3) is 5.91 Å². The van der Waals surface area contributed by atoms with Gasteiger partial charge in [-0.25, -0.2) is 4.98 Å². The minimum atomic E-state index is -0.145. The lowest BCUT2D eigenvalue weighted by atomic mass is 9.80. The van der Waals surface area contributed by atoms with Crippen LogP contribution in [0.25, 0.3) is 11.1 Å². The van der Waals surface area contributed by atoms with E-state index in [2.05, 4.69) is 41.5 Å². The Bertz CT molecular complexity index is 1240. The SMILES string of the molecule is Cc1ccc(NC(=O)c2csc(C3CCC(Cc4cccnc4)CC3)n2)c(-c2ccccc2)c1. The van der Waals surface area contributed by atoms with Gasteiger partial charge in [-0.15, -0.1) is 11.3 Å². The third-order valence-corrected chi connectivity index (χ3v) is 7.71. The Kier molecular flexibility index (Phi) is 6.82. The van der Waals surface area contributed by atoms with Crippen LogP contribution in [-0.2, 0) is 6.42 Å². The smallest absolute Gasteiger partial charge is 0.275 e. The van der Waals surface area contributed by atoms with Crippen molar-refractivity contribution in [1.82, 2.24) is 9.97 Å². The van der Waals surface area contributed by atoms with Crippen LogP contribution in [-0.4, -0.2) is 15.9 Å². The molecular weight excluding hydrogens is 438 g/mol. The molecule has 1 aliphatic rings. The molecular formula is C29H29N3OS. The van der Waals surface area contributed by atoms with E-state index in [1.807, 2.05) is 54.2 Å². The number of carbonyl (C=O) groups excluding carboxylic acids is 1. The molecule has 1 saturated carbocycles. The Morgan fingerprint density at radius 1 is 1.03 bits per heavy atom. The molecule has 0 aliphatic heterocycles. The minimum absolute atomic E-state index is 0.145. The number of aryl methyl sites for hydroxylation is 1. The van der Waals surface area contributed by atoms with Crippen molar-refractivity contribution in [3.05, 3.63) is 100 Å². The number of rotatable bonds is 6. The standard InChI is InChI=1S/C29H29N3OS/c1-20-9-14-26(25(16-20)23-7-3-2-4-8-23)31-28(33)27-19-34-29(32-27)24-12-10-21(11-13-24)17-22-6-5-15-30-18-22/h2-9,14-16,18-19,21,24H,10-13,17H2,1H3,(H,31,33). The molecule has 5 heteroatoms. The summed E-state index contributed by atoms with van der Waals surface area (Å²) < 4.78 is 0. The van der Waals surface area contributed by atoms with Gasteiger partial charge in [-0.2, -0.15) is 0 Å². The van der Waals surface area contributed by atoms with Gasteiger partial charge in [0.05, 0.1) is 5.01 Å². The van der Waals surface area contributed by atoms with E-state index in [0.29, 0.717) is 17.5 Å². The fourth-order valence-corrected chi connectivity index (χ4v) is 5.83. The van der Waals surface area contributed by atoms with Crippen molar-refractivity contribution in [3.8, 4) is 11.1 Å². The summed E-state index contributed by atoms with van der Waals surface area (Å²) in [5.41, 5.74) is 5.92. The predicted molar refractivity (Wildman–Crippen MR) is 139 cm³/mol. The number of thiazole rings is 1. The zero-order chi connectivity index (χ0) is 23.3. The summed E-state index contributed by atoms with van der Waals surface area (Å²) in [6.07, 6.45) is 9.58.